The van der Waals surface area contributed by atoms with Crippen LogP contribution in [0.4, 0.5) is 4.39 Å². The number of aromatic nitrogens is 2. The Morgan fingerprint density at radius 2 is 2.15 bits per heavy atom. The van der Waals surface area contributed by atoms with Crippen molar-refractivity contribution in [3.05, 3.63) is 52.1 Å². The van der Waals surface area contributed by atoms with Gasteiger partial charge in [-0.05, 0) is 37.2 Å². The number of nitrogens with one attached hydrogen (secondary N) is 1. The van der Waals surface area contributed by atoms with Crippen molar-refractivity contribution in [2.45, 2.75) is 25.8 Å². The third-order valence-electron chi connectivity index (χ3n) is 3.50. The predicted octanol–water partition coefficient (Wildman–Crippen LogP) is 3.28. The van der Waals surface area contributed by atoms with Gasteiger partial charge >= 0.3 is 0 Å². The van der Waals surface area contributed by atoms with E-state index in [0.717, 1.165) is 29.8 Å². The molecule has 1 aromatic carbocycles. The first-order valence-electron chi connectivity index (χ1n) is 6.69. The average molecular weight is 296 g/mol. The fourth-order valence-corrected chi connectivity index (χ4v) is 2.38. The lowest BCUT2D eigenvalue weighted by molar-refractivity contribution is 0.553. The Morgan fingerprint density at radius 1 is 1.40 bits per heavy atom. The molecule has 0 amide bonds. The normalized spacial score (nSPS) is 12.7. The molecule has 0 aliphatic rings. The summed E-state index contributed by atoms with van der Waals surface area (Å²) in [5, 5.41) is 7.80. The molecule has 1 heterocycles. The largest absolute Gasteiger partial charge is 0.313 e. The molecule has 20 heavy (non-hydrogen) atoms. The van der Waals surface area contributed by atoms with Gasteiger partial charge in [0.15, 0.2) is 0 Å². The fourth-order valence-electron chi connectivity index (χ4n) is 2.26. The maximum absolute atomic E-state index is 13.6. The van der Waals surface area contributed by atoms with Crippen LogP contribution in [-0.4, -0.2) is 16.8 Å². The van der Waals surface area contributed by atoms with Crippen molar-refractivity contribution in [1.82, 2.24) is 15.1 Å². The summed E-state index contributed by atoms with van der Waals surface area (Å²) in [6.07, 6.45) is 1.66. The monoisotopic (exact) mass is 295 g/mol. The summed E-state index contributed by atoms with van der Waals surface area (Å²) in [5.41, 5.74) is 3.07. The summed E-state index contributed by atoms with van der Waals surface area (Å²) in [6, 6.07) is 7.06. The van der Waals surface area contributed by atoms with E-state index in [0.29, 0.717) is 0 Å². The molecule has 1 unspecified atom stereocenters. The number of nitrogens with zero attached hydrogens (tertiary/aromatic N) is 2. The van der Waals surface area contributed by atoms with E-state index in [4.69, 9.17) is 11.6 Å². The maximum Gasteiger partial charge on any atom is 0.142 e. The van der Waals surface area contributed by atoms with Gasteiger partial charge < -0.3 is 5.32 Å². The standard InChI is InChI=1S/C15H19ClFN3/c1-4-11-8-12(20(3)19-11)9-15(18-2)10-5-6-13(16)14(17)7-10/h5-8,15,18H,4,9H2,1-3H3. The Kier molecular flexibility index (Phi) is 4.78. The lowest BCUT2D eigenvalue weighted by Gasteiger charge is -2.17. The summed E-state index contributed by atoms with van der Waals surface area (Å²) >= 11 is 5.73. The van der Waals surface area contributed by atoms with Gasteiger partial charge in [-0.2, -0.15) is 5.10 Å². The second-order valence-corrected chi connectivity index (χ2v) is 5.23. The van der Waals surface area contributed by atoms with Gasteiger partial charge in [0.2, 0.25) is 0 Å². The van der Waals surface area contributed by atoms with E-state index in [1.54, 1.807) is 6.07 Å². The predicted molar refractivity (Wildman–Crippen MR) is 79.5 cm³/mol. The molecule has 1 atom stereocenters. The molecule has 108 valence electrons. The van der Waals surface area contributed by atoms with Crippen molar-refractivity contribution < 1.29 is 4.39 Å². The molecule has 0 fully saturated rings. The lowest BCUT2D eigenvalue weighted by Crippen LogP contribution is -2.20. The highest BCUT2D eigenvalue weighted by Crippen LogP contribution is 2.23. The van der Waals surface area contributed by atoms with Crippen molar-refractivity contribution in [3.63, 3.8) is 0 Å². The van der Waals surface area contributed by atoms with Crippen LogP contribution in [0.5, 0.6) is 0 Å². The number of aryl methyl sites for hydroxylation is 2. The van der Waals surface area contributed by atoms with Crippen LogP contribution >= 0.6 is 11.6 Å². The summed E-state index contributed by atoms with van der Waals surface area (Å²) in [7, 11) is 3.80. The zero-order valence-corrected chi connectivity index (χ0v) is 12.7. The molecule has 0 saturated heterocycles. The molecule has 0 saturated carbocycles. The molecule has 2 aromatic rings. The van der Waals surface area contributed by atoms with Crippen LogP contribution in [0, 0.1) is 5.82 Å². The first-order chi connectivity index (χ1) is 9.55. The second-order valence-electron chi connectivity index (χ2n) is 4.82. The fraction of sp³-hybridized carbons (Fsp3) is 0.400. The van der Waals surface area contributed by atoms with E-state index >= 15 is 0 Å². The third kappa shape index (κ3) is 3.19. The number of rotatable bonds is 5. The molecular formula is C15H19ClFN3. The van der Waals surface area contributed by atoms with Crippen LogP contribution in [0.15, 0.2) is 24.3 Å². The van der Waals surface area contributed by atoms with E-state index < -0.39 is 0 Å². The van der Waals surface area contributed by atoms with Crippen LogP contribution in [0.3, 0.4) is 0 Å². The molecule has 0 aliphatic carbocycles. The number of benzene rings is 1. The summed E-state index contributed by atoms with van der Waals surface area (Å²) < 4.78 is 15.5. The molecular weight excluding hydrogens is 277 g/mol. The van der Waals surface area contributed by atoms with Crippen molar-refractivity contribution in [3.8, 4) is 0 Å². The molecule has 0 spiro atoms. The quantitative estimate of drug-likeness (QED) is 0.917. The minimum Gasteiger partial charge on any atom is -0.313 e. The van der Waals surface area contributed by atoms with Crippen LogP contribution in [0.1, 0.15) is 29.9 Å². The van der Waals surface area contributed by atoms with Gasteiger partial charge in [0.05, 0.1) is 10.7 Å². The smallest absolute Gasteiger partial charge is 0.142 e. The zero-order chi connectivity index (χ0) is 14.7. The van der Waals surface area contributed by atoms with Crippen molar-refractivity contribution in [2.24, 2.45) is 7.05 Å². The molecule has 1 N–H and O–H groups in total. The molecule has 0 radical (unpaired) electrons. The van der Waals surface area contributed by atoms with Crippen LogP contribution in [0.25, 0.3) is 0 Å². The Hall–Kier alpha value is -1.39. The minimum atomic E-state index is -0.385. The first-order valence-corrected chi connectivity index (χ1v) is 7.07. The Morgan fingerprint density at radius 3 is 2.70 bits per heavy atom. The molecule has 0 bridgehead atoms. The topological polar surface area (TPSA) is 29.9 Å². The van der Waals surface area contributed by atoms with Gasteiger partial charge in [-0.1, -0.05) is 24.6 Å². The number of likely N-dealkylation sites (N-methyl/N-ethyl adjacent to an activating group) is 1. The highest BCUT2D eigenvalue weighted by molar-refractivity contribution is 6.30. The van der Waals surface area contributed by atoms with E-state index in [1.807, 2.05) is 24.8 Å². The third-order valence-corrected chi connectivity index (χ3v) is 3.80. The van der Waals surface area contributed by atoms with E-state index in [9.17, 15) is 4.39 Å². The van der Waals surface area contributed by atoms with E-state index in [2.05, 4.69) is 23.4 Å². The SMILES string of the molecule is CCc1cc(CC(NC)c2ccc(Cl)c(F)c2)n(C)n1. The molecule has 0 aliphatic heterocycles. The average Bonchev–Trinajstić information content (AvgIpc) is 2.80. The van der Waals surface area contributed by atoms with Gasteiger partial charge in [-0.15, -0.1) is 0 Å². The van der Waals surface area contributed by atoms with Crippen molar-refractivity contribution in [1.29, 1.82) is 0 Å². The van der Waals surface area contributed by atoms with Crippen LogP contribution in [-0.2, 0) is 19.9 Å². The Bertz CT molecular complexity index is 595. The Labute approximate surface area is 123 Å². The number of hydrogen-bond donors (Lipinski definition) is 1. The second kappa shape index (κ2) is 6.37. The first kappa shape index (κ1) is 15.0. The highest BCUT2D eigenvalue weighted by atomic mass is 35.5. The summed E-state index contributed by atoms with van der Waals surface area (Å²) in [4.78, 5) is 0. The van der Waals surface area contributed by atoms with Gasteiger partial charge in [0, 0.05) is 25.2 Å². The number of halogens is 2. The molecule has 2 rings (SSSR count). The van der Waals surface area contributed by atoms with E-state index in [1.165, 1.54) is 6.07 Å². The van der Waals surface area contributed by atoms with Gasteiger partial charge in [0.1, 0.15) is 5.82 Å². The lowest BCUT2D eigenvalue weighted by atomic mass is 10.0. The summed E-state index contributed by atoms with van der Waals surface area (Å²) in [6.45, 7) is 2.08. The van der Waals surface area contributed by atoms with Crippen LogP contribution < -0.4 is 5.32 Å². The number of hydrogen-bond acceptors (Lipinski definition) is 2. The molecule has 1 aromatic heterocycles. The van der Waals surface area contributed by atoms with Gasteiger partial charge in [0.25, 0.3) is 0 Å². The van der Waals surface area contributed by atoms with Crippen molar-refractivity contribution in [2.75, 3.05) is 7.05 Å². The molecule has 5 heteroatoms. The highest BCUT2D eigenvalue weighted by Gasteiger charge is 2.15. The summed E-state index contributed by atoms with van der Waals surface area (Å²) in [5.74, 6) is -0.385. The molecule has 3 nitrogen and oxygen atoms in total. The van der Waals surface area contributed by atoms with Gasteiger partial charge in [-0.25, -0.2) is 4.39 Å². The van der Waals surface area contributed by atoms with E-state index in [-0.39, 0.29) is 16.9 Å². The maximum atomic E-state index is 13.6. The van der Waals surface area contributed by atoms with Crippen molar-refractivity contribution >= 4 is 11.6 Å². The van der Waals surface area contributed by atoms with Crippen LogP contribution in [0.2, 0.25) is 5.02 Å². The minimum absolute atomic E-state index is 0.0295. The zero-order valence-electron chi connectivity index (χ0n) is 12.0. The Balaban J connectivity index is 2.23. The van der Waals surface area contributed by atoms with Gasteiger partial charge in [-0.3, -0.25) is 4.68 Å².